The molecule has 1 atom stereocenters. The molecule has 0 radical (unpaired) electrons. The number of nitrogens with zero attached hydrogens (tertiary/aromatic N) is 3. The first-order valence-electron chi connectivity index (χ1n) is 13.6. The molecular formula is C31H29N5O3S. The second-order valence-electron chi connectivity index (χ2n) is 10.6. The summed E-state index contributed by atoms with van der Waals surface area (Å²) in [6.07, 6.45) is 1.82. The highest BCUT2D eigenvalue weighted by Crippen LogP contribution is 2.43. The maximum Gasteiger partial charge on any atom is 0.261 e. The van der Waals surface area contributed by atoms with Crippen molar-refractivity contribution in [2.45, 2.75) is 38.1 Å². The van der Waals surface area contributed by atoms with Crippen molar-refractivity contribution in [3.8, 4) is 10.4 Å². The Balaban J connectivity index is 1.17. The van der Waals surface area contributed by atoms with E-state index in [1.54, 1.807) is 11.9 Å². The zero-order valence-corrected chi connectivity index (χ0v) is 22.9. The monoisotopic (exact) mass is 551 g/mol. The van der Waals surface area contributed by atoms with E-state index in [-0.39, 0.29) is 11.8 Å². The molecule has 1 aliphatic carbocycles. The van der Waals surface area contributed by atoms with Gasteiger partial charge in [0, 0.05) is 42.3 Å². The molecule has 1 unspecified atom stereocenters. The molecule has 2 aromatic carbocycles. The Kier molecular flexibility index (Phi) is 6.05. The number of amides is 2. The molecule has 2 amide bonds. The number of fused-ring (bicyclic) bond motifs is 4. The fourth-order valence-electron chi connectivity index (χ4n) is 5.54. The highest BCUT2D eigenvalue weighted by molar-refractivity contribution is 7.17. The molecule has 2 aromatic heterocycles. The van der Waals surface area contributed by atoms with Crippen LogP contribution in [0.4, 0.5) is 17.2 Å². The first-order chi connectivity index (χ1) is 19.5. The SMILES string of the molecule is CN1Cc2cccc(Nc3cccc(C(O)N4CCc5cc(C(=O)NC6CC6)sc5-c5ccccc54)n3)c2C1=O. The number of carbonyl (C=O) groups excluding carboxylic acids is 2. The van der Waals surface area contributed by atoms with Crippen molar-refractivity contribution < 1.29 is 14.7 Å². The summed E-state index contributed by atoms with van der Waals surface area (Å²) in [7, 11) is 1.79. The predicted molar refractivity (Wildman–Crippen MR) is 156 cm³/mol. The third kappa shape index (κ3) is 4.41. The number of rotatable bonds is 6. The summed E-state index contributed by atoms with van der Waals surface area (Å²) >= 11 is 1.52. The van der Waals surface area contributed by atoms with Gasteiger partial charge in [-0.25, -0.2) is 4.98 Å². The summed E-state index contributed by atoms with van der Waals surface area (Å²) in [6.45, 7) is 1.15. The molecule has 0 bridgehead atoms. The van der Waals surface area contributed by atoms with Crippen molar-refractivity contribution in [2.24, 2.45) is 0 Å². The van der Waals surface area contributed by atoms with Crippen LogP contribution in [0.3, 0.4) is 0 Å². The first-order valence-corrected chi connectivity index (χ1v) is 14.4. The minimum atomic E-state index is -0.983. The number of hydrogen-bond acceptors (Lipinski definition) is 7. The van der Waals surface area contributed by atoms with Crippen LogP contribution in [0.2, 0.25) is 0 Å². The van der Waals surface area contributed by atoms with E-state index < -0.39 is 6.23 Å². The third-order valence-corrected chi connectivity index (χ3v) is 8.95. The molecule has 202 valence electrons. The summed E-state index contributed by atoms with van der Waals surface area (Å²) < 4.78 is 0. The molecule has 3 N–H and O–H groups in total. The molecule has 3 aliphatic rings. The van der Waals surface area contributed by atoms with Gasteiger partial charge in [-0.05, 0) is 60.7 Å². The van der Waals surface area contributed by atoms with Crippen LogP contribution in [0, 0.1) is 0 Å². The molecule has 7 rings (SSSR count). The Morgan fingerprint density at radius 1 is 1.07 bits per heavy atom. The summed E-state index contributed by atoms with van der Waals surface area (Å²) in [5.41, 5.74) is 5.87. The second kappa shape index (κ2) is 9.76. The lowest BCUT2D eigenvalue weighted by Crippen LogP contribution is -2.31. The maximum absolute atomic E-state index is 12.7. The topological polar surface area (TPSA) is 97.8 Å². The van der Waals surface area contributed by atoms with Crippen molar-refractivity contribution in [1.82, 2.24) is 15.2 Å². The van der Waals surface area contributed by atoms with E-state index in [2.05, 4.69) is 10.6 Å². The highest BCUT2D eigenvalue weighted by atomic mass is 32.1. The molecule has 0 saturated heterocycles. The van der Waals surface area contributed by atoms with E-state index in [4.69, 9.17) is 4.98 Å². The van der Waals surface area contributed by atoms with Crippen LogP contribution in [0.1, 0.15) is 55.9 Å². The summed E-state index contributed by atoms with van der Waals surface area (Å²) in [4.78, 5) is 35.7. The van der Waals surface area contributed by atoms with Crippen molar-refractivity contribution >= 4 is 40.3 Å². The van der Waals surface area contributed by atoms with Crippen LogP contribution in [0.5, 0.6) is 0 Å². The summed E-state index contributed by atoms with van der Waals surface area (Å²) in [6, 6.07) is 21.6. The zero-order valence-electron chi connectivity index (χ0n) is 22.1. The first kappa shape index (κ1) is 24.8. The molecule has 1 fully saturated rings. The van der Waals surface area contributed by atoms with Gasteiger partial charge in [-0.2, -0.15) is 0 Å². The smallest absolute Gasteiger partial charge is 0.261 e. The van der Waals surface area contributed by atoms with Crippen molar-refractivity contribution in [2.75, 3.05) is 23.8 Å². The fourth-order valence-corrected chi connectivity index (χ4v) is 6.69. The van der Waals surface area contributed by atoms with Crippen LogP contribution in [-0.4, -0.2) is 46.4 Å². The van der Waals surface area contributed by atoms with Gasteiger partial charge < -0.3 is 25.5 Å². The minimum absolute atomic E-state index is 0.000800. The number of nitrogens with one attached hydrogen (secondary N) is 2. The molecule has 8 nitrogen and oxygen atoms in total. The molecule has 9 heteroatoms. The number of anilines is 3. The van der Waals surface area contributed by atoms with Crippen molar-refractivity contribution in [3.05, 3.63) is 94.0 Å². The van der Waals surface area contributed by atoms with Crippen molar-refractivity contribution in [3.63, 3.8) is 0 Å². The summed E-state index contributed by atoms with van der Waals surface area (Å²) in [5.74, 6) is 0.540. The summed E-state index contributed by atoms with van der Waals surface area (Å²) in [5, 5.41) is 18.0. The van der Waals surface area contributed by atoms with E-state index in [0.717, 1.165) is 45.0 Å². The normalized spacial score (nSPS) is 16.6. The molecule has 0 spiro atoms. The van der Waals surface area contributed by atoms with Crippen LogP contribution < -0.4 is 15.5 Å². The molecular weight excluding hydrogens is 522 g/mol. The van der Waals surface area contributed by atoms with E-state index >= 15 is 0 Å². The van der Waals surface area contributed by atoms with Gasteiger partial charge in [0.05, 0.1) is 21.8 Å². The van der Waals surface area contributed by atoms with E-state index in [0.29, 0.717) is 48.3 Å². The Morgan fingerprint density at radius 2 is 1.90 bits per heavy atom. The van der Waals surface area contributed by atoms with Gasteiger partial charge in [0.2, 0.25) is 0 Å². The van der Waals surface area contributed by atoms with Gasteiger partial charge in [0.15, 0.2) is 6.23 Å². The largest absolute Gasteiger partial charge is 0.368 e. The second-order valence-corrected chi connectivity index (χ2v) is 11.7. The standard InChI is InChI=1S/C31H29N5O3S/c1-35-17-19-6-4-8-22(27(19)31(35)39)33-26-11-5-9-23(34-26)30(38)36-15-14-18-16-25(29(37)32-20-12-13-20)40-28(18)21-7-2-3-10-24(21)36/h2-11,16,20,30,38H,12-15,17H2,1H3,(H,32,37)(H,33,34). The molecule has 4 heterocycles. The number of aromatic nitrogens is 1. The lowest BCUT2D eigenvalue weighted by molar-refractivity contribution is 0.0816. The number of aliphatic hydroxyl groups is 1. The number of thiophene rings is 1. The number of carbonyl (C=O) groups is 2. The zero-order chi connectivity index (χ0) is 27.4. The minimum Gasteiger partial charge on any atom is -0.368 e. The third-order valence-electron chi connectivity index (χ3n) is 7.74. The quantitative estimate of drug-likeness (QED) is 0.309. The fraction of sp³-hybridized carbons (Fsp3) is 0.258. The van der Waals surface area contributed by atoms with E-state index in [1.165, 1.54) is 11.3 Å². The lowest BCUT2D eigenvalue weighted by atomic mass is 10.1. The number of hydrogen-bond donors (Lipinski definition) is 3. The van der Waals surface area contributed by atoms with Crippen LogP contribution in [0.25, 0.3) is 10.4 Å². The van der Waals surface area contributed by atoms with Gasteiger partial charge in [0.1, 0.15) is 5.82 Å². The van der Waals surface area contributed by atoms with E-state index in [9.17, 15) is 14.7 Å². The Labute approximate surface area is 236 Å². The van der Waals surface area contributed by atoms with Gasteiger partial charge >= 0.3 is 0 Å². The van der Waals surface area contributed by atoms with E-state index in [1.807, 2.05) is 71.6 Å². The highest BCUT2D eigenvalue weighted by Gasteiger charge is 2.30. The molecule has 2 aliphatic heterocycles. The number of pyridine rings is 1. The van der Waals surface area contributed by atoms with Crippen LogP contribution >= 0.6 is 11.3 Å². The Morgan fingerprint density at radius 3 is 2.75 bits per heavy atom. The van der Waals surface area contributed by atoms with Gasteiger partial charge in [-0.3, -0.25) is 9.59 Å². The van der Waals surface area contributed by atoms with Crippen LogP contribution in [0.15, 0.2) is 66.7 Å². The Hall–Kier alpha value is -4.21. The number of aliphatic hydroxyl groups excluding tert-OH is 1. The molecule has 40 heavy (non-hydrogen) atoms. The average molecular weight is 552 g/mol. The van der Waals surface area contributed by atoms with Gasteiger partial charge in [-0.1, -0.05) is 36.4 Å². The van der Waals surface area contributed by atoms with Gasteiger partial charge in [0.25, 0.3) is 11.8 Å². The average Bonchev–Trinajstić information content (AvgIpc) is 3.63. The van der Waals surface area contributed by atoms with Crippen LogP contribution in [-0.2, 0) is 13.0 Å². The lowest BCUT2D eigenvalue weighted by Gasteiger charge is -2.30. The maximum atomic E-state index is 12.7. The molecule has 1 saturated carbocycles. The predicted octanol–water partition coefficient (Wildman–Crippen LogP) is 5.09. The molecule has 4 aromatic rings. The Bertz CT molecular complexity index is 1650. The van der Waals surface area contributed by atoms with Crippen molar-refractivity contribution in [1.29, 1.82) is 0 Å². The number of para-hydroxylation sites is 1. The number of benzene rings is 2. The van der Waals surface area contributed by atoms with Gasteiger partial charge in [-0.15, -0.1) is 11.3 Å².